The van der Waals surface area contributed by atoms with Crippen molar-refractivity contribution in [2.24, 2.45) is 5.73 Å². The zero-order chi connectivity index (χ0) is 21.1. The van der Waals surface area contributed by atoms with Gasteiger partial charge in [0.25, 0.3) is 0 Å². The summed E-state index contributed by atoms with van der Waals surface area (Å²) in [6, 6.07) is 6.43. The Labute approximate surface area is 160 Å². The molecule has 6 N–H and O–H groups in total. The molecule has 0 radical (unpaired) electrons. The molecule has 0 heterocycles. The van der Waals surface area contributed by atoms with Crippen LogP contribution in [0.15, 0.2) is 30.3 Å². The number of alkyl carbamates (subject to hydrolysis) is 1. The standard InChI is InChI=1S/C17H22N4O7/c1-10(20-17(27)28-9-11-5-3-2-4-6-11)15(24)19-8-14(23)21-12(16(25)26)7-13(18)22/h2-6,10,12H,7-9H2,1H3,(H2,18,22)(H,19,24)(H,20,27)(H,21,23)(H,25,26)/t10-,12?/m0/s1. The molecule has 11 heteroatoms. The van der Waals surface area contributed by atoms with Crippen LogP contribution >= 0.6 is 0 Å². The zero-order valence-corrected chi connectivity index (χ0v) is 15.1. The van der Waals surface area contributed by atoms with Gasteiger partial charge >= 0.3 is 12.1 Å². The van der Waals surface area contributed by atoms with Crippen molar-refractivity contribution in [2.75, 3.05) is 6.54 Å². The van der Waals surface area contributed by atoms with Crippen molar-refractivity contribution >= 4 is 29.8 Å². The Balaban J connectivity index is 2.36. The second-order valence-corrected chi connectivity index (χ2v) is 5.77. The third-order valence-electron chi connectivity index (χ3n) is 3.40. The first kappa shape index (κ1) is 22.4. The largest absolute Gasteiger partial charge is 0.480 e. The van der Waals surface area contributed by atoms with E-state index in [1.807, 2.05) is 6.07 Å². The summed E-state index contributed by atoms with van der Waals surface area (Å²) in [4.78, 5) is 57.0. The number of nitrogens with two attached hydrogens (primary N) is 1. The molecule has 11 nitrogen and oxygen atoms in total. The van der Waals surface area contributed by atoms with Crippen LogP contribution in [0.3, 0.4) is 0 Å². The number of carbonyl (C=O) groups is 5. The number of primary amides is 1. The van der Waals surface area contributed by atoms with Crippen LogP contribution in [-0.2, 0) is 30.5 Å². The van der Waals surface area contributed by atoms with Gasteiger partial charge < -0.3 is 31.5 Å². The van der Waals surface area contributed by atoms with E-state index in [4.69, 9.17) is 15.6 Å². The Bertz CT molecular complexity index is 723. The fraction of sp³-hybridized carbons (Fsp3) is 0.353. The molecule has 1 rings (SSSR count). The van der Waals surface area contributed by atoms with Crippen LogP contribution < -0.4 is 21.7 Å². The highest BCUT2D eigenvalue weighted by Crippen LogP contribution is 2.00. The van der Waals surface area contributed by atoms with Crippen LogP contribution in [0.5, 0.6) is 0 Å². The van der Waals surface area contributed by atoms with Gasteiger partial charge in [-0.1, -0.05) is 30.3 Å². The molecule has 0 aliphatic heterocycles. The van der Waals surface area contributed by atoms with Gasteiger partial charge in [0.1, 0.15) is 18.7 Å². The van der Waals surface area contributed by atoms with Crippen LogP contribution in [-0.4, -0.2) is 53.5 Å². The predicted octanol–water partition coefficient (Wildman–Crippen LogP) is -1.14. The number of hydrogen-bond donors (Lipinski definition) is 5. The topological polar surface area (TPSA) is 177 Å². The van der Waals surface area contributed by atoms with Crippen molar-refractivity contribution < 1.29 is 33.8 Å². The summed E-state index contributed by atoms with van der Waals surface area (Å²) in [5.41, 5.74) is 5.68. The Morgan fingerprint density at radius 3 is 2.32 bits per heavy atom. The van der Waals surface area contributed by atoms with E-state index >= 15 is 0 Å². The van der Waals surface area contributed by atoms with Gasteiger partial charge in [0, 0.05) is 0 Å². The molecule has 2 atom stereocenters. The average molecular weight is 394 g/mol. The lowest BCUT2D eigenvalue weighted by Gasteiger charge is -2.16. The Kier molecular flexibility index (Phi) is 8.93. The van der Waals surface area contributed by atoms with Crippen LogP contribution in [0.25, 0.3) is 0 Å². The minimum Gasteiger partial charge on any atom is -0.480 e. The molecular formula is C17H22N4O7. The van der Waals surface area contributed by atoms with Gasteiger partial charge in [0.15, 0.2) is 0 Å². The smallest absolute Gasteiger partial charge is 0.408 e. The molecule has 0 bridgehead atoms. The second kappa shape index (κ2) is 11.2. The van der Waals surface area contributed by atoms with E-state index < -0.39 is 54.8 Å². The molecule has 152 valence electrons. The van der Waals surface area contributed by atoms with Crippen molar-refractivity contribution in [1.29, 1.82) is 0 Å². The van der Waals surface area contributed by atoms with Gasteiger partial charge in [-0.05, 0) is 12.5 Å². The van der Waals surface area contributed by atoms with E-state index in [2.05, 4.69) is 16.0 Å². The van der Waals surface area contributed by atoms with Crippen molar-refractivity contribution in [3.63, 3.8) is 0 Å². The molecule has 0 aliphatic carbocycles. The molecule has 0 saturated carbocycles. The Morgan fingerprint density at radius 2 is 1.75 bits per heavy atom. The van der Waals surface area contributed by atoms with Gasteiger partial charge in [0.2, 0.25) is 17.7 Å². The minimum atomic E-state index is -1.49. The molecule has 0 aromatic heterocycles. The lowest BCUT2D eigenvalue weighted by atomic mass is 10.2. The molecule has 1 aromatic rings. The number of carboxylic acid groups (broad SMARTS) is 1. The normalized spacial score (nSPS) is 12.2. The summed E-state index contributed by atoms with van der Waals surface area (Å²) in [5.74, 6) is -3.85. The first-order valence-electron chi connectivity index (χ1n) is 8.24. The highest BCUT2D eigenvalue weighted by atomic mass is 16.5. The van der Waals surface area contributed by atoms with Crippen molar-refractivity contribution in [3.05, 3.63) is 35.9 Å². The quantitative estimate of drug-likeness (QED) is 0.333. The number of aliphatic carboxylic acids is 1. The van der Waals surface area contributed by atoms with Crippen molar-refractivity contribution in [1.82, 2.24) is 16.0 Å². The monoisotopic (exact) mass is 394 g/mol. The minimum absolute atomic E-state index is 0.0276. The number of ether oxygens (including phenoxy) is 1. The van der Waals surface area contributed by atoms with Crippen LogP contribution in [0.4, 0.5) is 4.79 Å². The van der Waals surface area contributed by atoms with E-state index in [1.165, 1.54) is 6.92 Å². The van der Waals surface area contributed by atoms with E-state index in [1.54, 1.807) is 24.3 Å². The maximum atomic E-state index is 11.9. The van der Waals surface area contributed by atoms with E-state index in [0.29, 0.717) is 0 Å². The first-order chi connectivity index (χ1) is 13.2. The fourth-order valence-electron chi connectivity index (χ4n) is 1.97. The van der Waals surface area contributed by atoms with Gasteiger partial charge in [-0.25, -0.2) is 9.59 Å². The molecule has 1 aromatic carbocycles. The number of benzene rings is 1. The van der Waals surface area contributed by atoms with E-state index in [-0.39, 0.29) is 6.61 Å². The summed E-state index contributed by atoms with van der Waals surface area (Å²) in [7, 11) is 0. The third-order valence-corrected chi connectivity index (χ3v) is 3.40. The van der Waals surface area contributed by atoms with Gasteiger partial charge in [-0.3, -0.25) is 14.4 Å². The molecule has 0 aliphatic rings. The number of nitrogens with one attached hydrogen (secondary N) is 3. The second-order valence-electron chi connectivity index (χ2n) is 5.77. The highest BCUT2D eigenvalue weighted by molar-refractivity contribution is 5.92. The molecule has 0 fully saturated rings. The fourth-order valence-corrected chi connectivity index (χ4v) is 1.97. The maximum Gasteiger partial charge on any atom is 0.408 e. The van der Waals surface area contributed by atoms with Crippen LogP contribution in [0.2, 0.25) is 0 Å². The number of carbonyl (C=O) groups excluding carboxylic acids is 4. The number of hydrogen-bond acceptors (Lipinski definition) is 6. The number of carboxylic acids is 1. The summed E-state index contributed by atoms with van der Waals surface area (Å²) in [5, 5.41) is 15.5. The predicted molar refractivity (Wildman–Crippen MR) is 95.6 cm³/mol. The van der Waals surface area contributed by atoms with Gasteiger partial charge in [-0.2, -0.15) is 0 Å². The third kappa shape index (κ3) is 8.65. The lowest BCUT2D eigenvalue weighted by Crippen LogP contribution is -2.50. The summed E-state index contributed by atoms with van der Waals surface area (Å²) in [6.07, 6.45) is -1.40. The molecule has 28 heavy (non-hydrogen) atoms. The van der Waals surface area contributed by atoms with Crippen LogP contribution in [0.1, 0.15) is 18.9 Å². The van der Waals surface area contributed by atoms with Gasteiger partial charge in [0.05, 0.1) is 13.0 Å². The molecular weight excluding hydrogens is 372 g/mol. The van der Waals surface area contributed by atoms with Crippen molar-refractivity contribution in [2.45, 2.75) is 32.0 Å². The number of rotatable bonds is 10. The van der Waals surface area contributed by atoms with Crippen LogP contribution in [0, 0.1) is 0 Å². The lowest BCUT2D eigenvalue weighted by molar-refractivity contribution is -0.143. The molecule has 4 amide bonds. The summed E-state index contributed by atoms with van der Waals surface area (Å²) >= 11 is 0. The van der Waals surface area contributed by atoms with Gasteiger partial charge in [-0.15, -0.1) is 0 Å². The summed E-state index contributed by atoms with van der Waals surface area (Å²) < 4.78 is 4.97. The Morgan fingerprint density at radius 1 is 1.11 bits per heavy atom. The van der Waals surface area contributed by atoms with E-state index in [9.17, 15) is 24.0 Å². The molecule has 0 saturated heterocycles. The van der Waals surface area contributed by atoms with E-state index in [0.717, 1.165) is 5.56 Å². The maximum absolute atomic E-state index is 11.9. The number of amides is 4. The Hall–Kier alpha value is -3.63. The zero-order valence-electron chi connectivity index (χ0n) is 15.1. The first-order valence-corrected chi connectivity index (χ1v) is 8.24. The van der Waals surface area contributed by atoms with Crippen molar-refractivity contribution in [3.8, 4) is 0 Å². The molecule has 1 unspecified atom stereocenters. The highest BCUT2D eigenvalue weighted by Gasteiger charge is 2.23. The SMILES string of the molecule is C[C@H](NC(=O)OCc1ccccc1)C(=O)NCC(=O)NC(CC(N)=O)C(=O)O. The molecule has 0 spiro atoms. The summed E-state index contributed by atoms with van der Waals surface area (Å²) in [6.45, 7) is 0.858. The average Bonchev–Trinajstić information content (AvgIpc) is 2.64.